The summed E-state index contributed by atoms with van der Waals surface area (Å²) in [7, 11) is 7.73. The summed E-state index contributed by atoms with van der Waals surface area (Å²) in [6.07, 6.45) is 1.64. The van der Waals surface area contributed by atoms with Crippen LogP contribution in [0.4, 0.5) is 5.69 Å². The Labute approximate surface area is 135 Å². The molecule has 0 saturated heterocycles. The first-order chi connectivity index (χ1) is 9.83. The Bertz CT molecular complexity index is 549. The molecule has 6 heteroatoms. The predicted molar refractivity (Wildman–Crippen MR) is 89.3 cm³/mol. The summed E-state index contributed by atoms with van der Waals surface area (Å²) in [5.41, 5.74) is 1.04. The van der Waals surface area contributed by atoms with E-state index in [9.17, 15) is 5.26 Å². The van der Waals surface area contributed by atoms with E-state index in [1.807, 2.05) is 51.0 Å². The van der Waals surface area contributed by atoms with E-state index in [0.29, 0.717) is 17.0 Å². The van der Waals surface area contributed by atoms with Crippen molar-refractivity contribution in [2.24, 2.45) is 4.99 Å². The highest BCUT2D eigenvalue weighted by Crippen LogP contribution is 2.33. The molecule has 0 unspecified atom stereocenters. The number of rotatable bonds is 6. The summed E-state index contributed by atoms with van der Waals surface area (Å²) in [4.78, 5) is 8.18. The normalized spacial score (nSPS) is 12.5. The van der Waals surface area contributed by atoms with Crippen molar-refractivity contribution < 1.29 is 4.74 Å². The molecular formula is C15H21BrN4O. The molecule has 0 aromatic heterocycles. The molecule has 0 aliphatic carbocycles. The highest BCUT2D eigenvalue weighted by molar-refractivity contribution is 9.10. The number of hydrogen-bond acceptors (Lipinski definition) is 4. The highest BCUT2D eigenvalue weighted by atomic mass is 79.9. The lowest BCUT2D eigenvalue weighted by Gasteiger charge is -2.20. The van der Waals surface area contributed by atoms with Crippen LogP contribution in [0.1, 0.15) is 12.5 Å². The number of likely N-dealkylation sites (N-methyl/N-ethyl adjacent to an activating group) is 1. The maximum atomic E-state index is 9.41. The van der Waals surface area contributed by atoms with E-state index in [0.717, 1.165) is 11.0 Å². The van der Waals surface area contributed by atoms with Crippen LogP contribution in [0.5, 0.6) is 5.75 Å². The molecule has 1 aromatic rings. The van der Waals surface area contributed by atoms with Gasteiger partial charge < -0.3 is 14.5 Å². The van der Waals surface area contributed by atoms with Crippen molar-refractivity contribution in [1.82, 2.24) is 9.80 Å². The minimum atomic E-state index is -0.0212. The van der Waals surface area contributed by atoms with Crippen LogP contribution in [-0.4, -0.2) is 57.0 Å². The van der Waals surface area contributed by atoms with Crippen molar-refractivity contribution in [3.05, 3.63) is 22.2 Å². The van der Waals surface area contributed by atoms with E-state index in [4.69, 9.17) is 4.74 Å². The van der Waals surface area contributed by atoms with Gasteiger partial charge in [-0.15, -0.1) is 0 Å². The van der Waals surface area contributed by atoms with Crippen LogP contribution in [0, 0.1) is 11.3 Å². The van der Waals surface area contributed by atoms with E-state index in [1.165, 1.54) is 0 Å². The predicted octanol–water partition coefficient (Wildman–Crippen LogP) is 2.87. The lowest BCUT2D eigenvalue weighted by Crippen LogP contribution is -2.28. The van der Waals surface area contributed by atoms with Crippen molar-refractivity contribution in [1.29, 1.82) is 5.26 Å². The molecule has 0 radical (unpaired) electrons. The quantitative estimate of drug-likeness (QED) is 0.583. The summed E-state index contributed by atoms with van der Waals surface area (Å²) >= 11 is 3.44. The van der Waals surface area contributed by atoms with Gasteiger partial charge in [-0.05, 0) is 33.2 Å². The van der Waals surface area contributed by atoms with Gasteiger partial charge in [-0.1, -0.05) is 15.9 Å². The van der Waals surface area contributed by atoms with Gasteiger partial charge in [-0.25, -0.2) is 4.99 Å². The average Bonchev–Trinajstić information content (AvgIpc) is 2.34. The zero-order chi connectivity index (χ0) is 16.0. The molecule has 114 valence electrons. The third kappa shape index (κ3) is 5.74. The molecule has 0 bridgehead atoms. The number of nitriles is 1. The summed E-state index contributed by atoms with van der Waals surface area (Å²) in [5.74, 6) is 0.548. The minimum absolute atomic E-state index is 0.0212. The highest BCUT2D eigenvalue weighted by Gasteiger charge is 2.14. The largest absolute Gasteiger partial charge is 0.488 e. The molecule has 1 atom stereocenters. The van der Waals surface area contributed by atoms with Gasteiger partial charge in [-0.3, -0.25) is 0 Å². The smallest absolute Gasteiger partial charge is 0.140 e. The monoisotopic (exact) mass is 352 g/mol. The van der Waals surface area contributed by atoms with Crippen LogP contribution in [0.2, 0.25) is 0 Å². The van der Waals surface area contributed by atoms with Gasteiger partial charge in [0, 0.05) is 25.1 Å². The maximum absolute atomic E-state index is 9.41. The molecule has 21 heavy (non-hydrogen) atoms. The standard InChI is InChI=1S/C15H21BrN4O/c1-11(9-19(2)3)21-15-7-12(16)6-14(13(15)8-17)18-10-20(4)5/h6-7,10-11H,9H2,1-5H3/t11-/m1/s1. The molecule has 1 aromatic carbocycles. The van der Waals surface area contributed by atoms with Crippen LogP contribution >= 0.6 is 15.9 Å². The first-order valence-electron chi connectivity index (χ1n) is 6.59. The Kier molecular flexibility index (Phi) is 6.66. The molecule has 0 aliphatic rings. The second-order valence-corrected chi connectivity index (χ2v) is 6.22. The van der Waals surface area contributed by atoms with Crippen LogP contribution in [0.15, 0.2) is 21.6 Å². The maximum Gasteiger partial charge on any atom is 0.140 e. The van der Waals surface area contributed by atoms with Gasteiger partial charge >= 0.3 is 0 Å². The SMILES string of the molecule is C[C@H](CN(C)C)Oc1cc(Br)cc(N=CN(C)C)c1C#N. The molecule has 0 aliphatic heterocycles. The van der Waals surface area contributed by atoms with Crippen LogP contribution < -0.4 is 4.74 Å². The molecule has 5 nitrogen and oxygen atoms in total. The first-order valence-corrected chi connectivity index (χ1v) is 7.38. The first kappa shape index (κ1) is 17.5. The fourth-order valence-electron chi connectivity index (χ4n) is 1.82. The zero-order valence-electron chi connectivity index (χ0n) is 13.1. The van der Waals surface area contributed by atoms with Gasteiger partial charge in [0.1, 0.15) is 23.5 Å². The van der Waals surface area contributed by atoms with E-state index in [1.54, 1.807) is 12.4 Å². The van der Waals surface area contributed by atoms with E-state index < -0.39 is 0 Å². The van der Waals surface area contributed by atoms with Gasteiger partial charge in [-0.2, -0.15) is 5.26 Å². The van der Waals surface area contributed by atoms with Crippen LogP contribution in [0.25, 0.3) is 0 Å². The molecule has 1 rings (SSSR count). The van der Waals surface area contributed by atoms with E-state index >= 15 is 0 Å². The lowest BCUT2D eigenvalue weighted by atomic mass is 10.1. The molecule has 0 N–H and O–H groups in total. The molecule has 0 spiro atoms. The number of ether oxygens (including phenoxy) is 1. The number of aliphatic imine (C=N–C) groups is 1. The van der Waals surface area contributed by atoms with Gasteiger partial charge in [0.25, 0.3) is 0 Å². The molecule has 0 amide bonds. The van der Waals surface area contributed by atoms with Gasteiger partial charge in [0.15, 0.2) is 0 Å². The Balaban J connectivity index is 3.12. The Hall–Kier alpha value is -1.58. The van der Waals surface area contributed by atoms with Crippen molar-refractivity contribution in [2.75, 3.05) is 34.7 Å². The van der Waals surface area contributed by atoms with Crippen LogP contribution in [-0.2, 0) is 0 Å². The Morgan fingerprint density at radius 2 is 2.05 bits per heavy atom. The second kappa shape index (κ2) is 8.01. The van der Waals surface area contributed by atoms with E-state index in [-0.39, 0.29) is 6.10 Å². The number of halogens is 1. The average molecular weight is 353 g/mol. The van der Waals surface area contributed by atoms with Crippen molar-refractivity contribution >= 4 is 28.0 Å². The van der Waals surface area contributed by atoms with Crippen molar-refractivity contribution in [3.63, 3.8) is 0 Å². The lowest BCUT2D eigenvalue weighted by molar-refractivity contribution is 0.176. The number of nitrogens with zero attached hydrogens (tertiary/aromatic N) is 4. The summed E-state index contributed by atoms with van der Waals surface area (Å²) in [5, 5.41) is 9.41. The number of benzene rings is 1. The molecular weight excluding hydrogens is 332 g/mol. The third-order valence-electron chi connectivity index (χ3n) is 2.54. The van der Waals surface area contributed by atoms with Crippen molar-refractivity contribution in [3.8, 4) is 11.8 Å². The third-order valence-corrected chi connectivity index (χ3v) is 2.99. The summed E-state index contributed by atoms with van der Waals surface area (Å²) in [6.45, 7) is 2.75. The Morgan fingerprint density at radius 3 is 2.57 bits per heavy atom. The summed E-state index contributed by atoms with van der Waals surface area (Å²) < 4.78 is 6.73. The topological polar surface area (TPSA) is 51.9 Å². The molecule has 0 heterocycles. The zero-order valence-corrected chi connectivity index (χ0v) is 14.7. The van der Waals surface area contributed by atoms with E-state index in [2.05, 4.69) is 27.0 Å². The van der Waals surface area contributed by atoms with Gasteiger partial charge in [0.2, 0.25) is 0 Å². The Morgan fingerprint density at radius 1 is 1.38 bits per heavy atom. The molecule has 0 fully saturated rings. The minimum Gasteiger partial charge on any atom is -0.488 e. The van der Waals surface area contributed by atoms with Crippen LogP contribution in [0.3, 0.4) is 0 Å². The second-order valence-electron chi connectivity index (χ2n) is 5.31. The van der Waals surface area contributed by atoms with Crippen molar-refractivity contribution in [2.45, 2.75) is 13.0 Å². The molecule has 0 saturated carbocycles. The fourth-order valence-corrected chi connectivity index (χ4v) is 2.25. The van der Waals surface area contributed by atoms with Gasteiger partial charge in [0.05, 0.1) is 12.0 Å². The number of hydrogen-bond donors (Lipinski definition) is 0. The summed E-state index contributed by atoms with van der Waals surface area (Å²) in [6, 6.07) is 5.79. The fraction of sp³-hybridized carbons (Fsp3) is 0.467.